The van der Waals surface area contributed by atoms with Gasteiger partial charge in [-0.2, -0.15) is 0 Å². The monoisotopic (exact) mass is 312 g/mol. The molecule has 0 radical (unpaired) electrons. The number of halogens is 2. The maximum Gasteiger partial charge on any atom is 0.242 e. The van der Waals surface area contributed by atoms with Crippen LogP contribution in [0.1, 0.15) is 5.56 Å². The fourth-order valence-electron chi connectivity index (χ4n) is 1.86. The molecule has 4 nitrogen and oxygen atoms in total. The van der Waals surface area contributed by atoms with Crippen LogP contribution in [-0.4, -0.2) is 15.0 Å². The molecule has 7 heteroatoms. The minimum Gasteiger partial charge on any atom is -0.398 e. The average molecular weight is 312 g/mol. The number of anilines is 1. The first-order valence-electron chi connectivity index (χ1n) is 6.18. The van der Waals surface area contributed by atoms with E-state index in [4.69, 9.17) is 5.73 Å². The first-order valence-corrected chi connectivity index (χ1v) is 7.66. The Morgan fingerprint density at radius 3 is 2.48 bits per heavy atom. The van der Waals surface area contributed by atoms with E-state index >= 15 is 0 Å². The van der Waals surface area contributed by atoms with Gasteiger partial charge in [0.25, 0.3) is 0 Å². The second kappa shape index (κ2) is 6.19. The topological polar surface area (TPSA) is 72.2 Å². The van der Waals surface area contributed by atoms with E-state index in [2.05, 4.69) is 4.72 Å². The van der Waals surface area contributed by atoms with Crippen molar-refractivity contribution in [3.63, 3.8) is 0 Å². The number of hydrogen-bond donors (Lipinski definition) is 2. The predicted octanol–water partition coefficient (Wildman–Crippen LogP) is 2.07. The summed E-state index contributed by atoms with van der Waals surface area (Å²) in [5.41, 5.74) is 5.73. The molecule has 2 aromatic rings. The van der Waals surface area contributed by atoms with Gasteiger partial charge < -0.3 is 5.73 Å². The van der Waals surface area contributed by atoms with Gasteiger partial charge in [0.15, 0.2) is 0 Å². The summed E-state index contributed by atoms with van der Waals surface area (Å²) in [4.78, 5) is -0.197. The quantitative estimate of drug-likeness (QED) is 0.830. The van der Waals surface area contributed by atoms with Gasteiger partial charge >= 0.3 is 0 Å². The Morgan fingerprint density at radius 1 is 1.10 bits per heavy atom. The molecule has 0 atom stereocenters. The summed E-state index contributed by atoms with van der Waals surface area (Å²) in [6, 6.07) is 9.16. The Morgan fingerprint density at radius 2 is 1.81 bits per heavy atom. The van der Waals surface area contributed by atoms with Crippen LogP contribution in [-0.2, 0) is 16.4 Å². The van der Waals surface area contributed by atoms with Gasteiger partial charge in [-0.1, -0.05) is 18.2 Å². The molecule has 0 amide bonds. The molecule has 2 rings (SSSR count). The molecule has 0 heterocycles. The van der Waals surface area contributed by atoms with E-state index in [-0.39, 0.29) is 23.5 Å². The molecular weight excluding hydrogens is 298 g/mol. The van der Waals surface area contributed by atoms with Crippen LogP contribution in [0.3, 0.4) is 0 Å². The molecule has 2 aromatic carbocycles. The molecule has 0 aliphatic heterocycles. The molecule has 112 valence electrons. The third-order valence-corrected chi connectivity index (χ3v) is 4.44. The number of nitrogens with two attached hydrogens (primary N) is 1. The highest BCUT2D eigenvalue weighted by Crippen LogP contribution is 2.19. The highest BCUT2D eigenvalue weighted by Gasteiger charge is 2.17. The molecule has 21 heavy (non-hydrogen) atoms. The lowest BCUT2D eigenvalue weighted by atomic mass is 10.1. The van der Waals surface area contributed by atoms with Crippen molar-refractivity contribution in [2.24, 2.45) is 0 Å². The largest absolute Gasteiger partial charge is 0.398 e. The maximum atomic E-state index is 13.4. The molecule has 3 N–H and O–H groups in total. The van der Waals surface area contributed by atoms with Crippen LogP contribution < -0.4 is 10.5 Å². The van der Waals surface area contributed by atoms with E-state index in [0.29, 0.717) is 5.56 Å². The minimum atomic E-state index is -3.85. The van der Waals surface area contributed by atoms with Crippen LogP contribution in [0.15, 0.2) is 47.4 Å². The zero-order valence-electron chi connectivity index (χ0n) is 11.0. The van der Waals surface area contributed by atoms with Crippen molar-refractivity contribution in [2.45, 2.75) is 11.3 Å². The molecule has 0 bridgehead atoms. The van der Waals surface area contributed by atoms with Gasteiger partial charge in [-0.05, 0) is 36.2 Å². The number of benzene rings is 2. The lowest BCUT2D eigenvalue weighted by Gasteiger charge is -2.09. The average Bonchev–Trinajstić information content (AvgIpc) is 2.40. The summed E-state index contributed by atoms with van der Waals surface area (Å²) in [7, 11) is -3.85. The summed E-state index contributed by atoms with van der Waals surface area (Å²) in [6.45, 7) is 0.0140. The Kier molecular flexibility index (Phi) is 4.54. The molecular formula is C14H14F2N2O2S. The summed E-state index contributed by atoms with van der Waals surface area (Å²) < 4.78 is 52.7. The molecule has 0 aromatic heterocycles. The van der Waals surface area contributed by atoms with Crippen LogP contribution in [0.5, 0.6) is 0 Å². The van der Waals surface area contributed by atoms with Crippen molar-refractivity contribution in [3.05, 3.63) is 59.7 Å². The van der Waals surface area contributed by atoms with Crippen molar-refractivity contribution in [1.29, 1.82) is 0 Å². The maximum absolute atomic E-state index is 13.4. The van der Waals surface area contributed by atoms with Gasteiger partial charge in [-0.15, -0.1) is 0 Å². The van der Waals surface area contributed by atoms with Gasteiger partial charge in [-0.25, -0.2) is 21.9 Å². The Balaban J connectivity index is 2.07. The first kappa shape index (κ1) is 15.4. The number of nitrogen functional groups attached to an aromatic ring is 1. The second-order valence-electron chi connectivity index (χ2n) is 4.42. The number of rotatable bonds is 5. The fraction of sp³-hybridized carbons (Fsp3) is 0.143. The van der Waals surface area contributed by atoms with E-state index in [1.165, 1.54) is 6.07 Å². The number of hydrogen-bond acceptors (Lipinski definition) is 3. The van der Waals surface area contributed by atoms with E-state index in [1.54, 1.807) is 18.2 Å². The third-order valence-electron chi connectivity index (χ3n) is 2.91. The second-order valence-corrected chi connectivity index (χ2v) is 6.16. The van der Waals surface area contributed by atoms with Crippen molar-refractivity contribution in [3.8, 4) is 0 Å². The van der Waals surface area contributed by atoms with Crippen LogP contribution >= 0.6 is 0 Å². The highest BCUT2D eigenvalue weighted by atomic mass is 32.2. The van der Waals surface area contributed by atoms with Crippen molar-refractivity contribution < 1.29 is 17.2 Å². The molecule has 0 unspecified atom stereocenters. The molecule has 0 spiro atoms. The molecule has 0 saturated carbocycles. The fourth-order valence-corrected chi connectivity index (χ4v) is 3.01. The molecule has 0 aliphatic rings. The smallest absolute Gasteiger partial charge is 0.242 e. The summed E-state index contributed by atoms with van der Waals surface area (Å²) in [6.07, 6.45) is 0.201. The van der Waals surface area contributed by atoms with E-state index in [0.717, 1.165) is 18.2 Å². The Hall–Kier alpha value is -1.99. The van der Waals surface area contributed by atoms with Gasteiger partial charge in [0.05, 0.1) is 5.69 Å². The number of nitrogens with one attached hydrogen (secondary N) is 1. The summed E-state index contributed by atoms with van der Waals surface area (Å²) >= 11 is 0. The van der Waals surface area contributed by atoms with E-state index in [9.17, 15) is 17.2 Å². The minimum absolute atomic E-state index is 0.0140. The van der Waals surface area contributed by atoms with Crippen molar-refractivity contribution in [2.75, 3.05) is 12.3 Å². The predicted molar refractivity (Wildman–Crippen MR) is 76.1 cm³/mol. The molecule has 0 aliphatic carbocycles. The van der Waals surface area contributed by atoms with Crippen molar-refractivity contribution >= 4 is 15.7 Å². The highest BCUT2D eigenvalue weighted by molar-refractivity contribution is 7.89. The van der Waals surface area contributed by atoms with Crippen molar-refractivity contribution in [1.82, 2.24) is 4.72 Å². The molecule has 0 fully saturated rings. The SMILES string of the molecule is Nc1cc(F)ccc1S(=O)(=O)NCCc1ccccc1F. The lowest BCUT2D eigenvalue weighted by Crippen LogP contribution is -2.27. The van der Waals surface area contributed by atoms with Crippen LogP contribution in [0.25, 0.3) is 0 Å². The summed E-state index contributed by atoms with van der Waals surface area (Å²) in [5, 5.41) is 0. The van der Waals surface area contributed by atoms with Gasteiger partial charge in [0.1, 0.15) is 16.5 Å². The molecule has 0 saturated heterocycles. The van der Waals surface area contributed by atoms with Crippen LogP contribution in [0, 0.1) is 11.6 Å². The third kappa shape index (κ3) is 3.77. The van der Waals surface area contributed by atoms with E-state index in [1.807, 2.05) is 0 Å². The normalized spacial score (nSPS) is 11.5. The van der Waals surface area contributed by atoms with Crippen LogP contribution in [0.2, 0.25) is 0 Å². The number of sulfonamides is 1. The van der Waals surface area contributed by atoms with Crippen LogP contribution in [0.4, 0.5) is 14.5 Å². The van der Waals surface area contributed by atoms with Gasteiger partial charge in [0.2, 0.25) is 10.0 Å². The first-order chi connectivity index (χ1) is 9.90. The Bertz CT molecular complexity index is 748. The summed E-state index contributed by atoms with van der Waals surface area (Å²) in [5.74, 6) is -1.00. The van der Waals surface area contributed by atoms with Gasteiger partial charge in [-0.3, -0.25) is 0 Å². The van der Waals surface area contributed by atoms with E-state index < -0.39 is 21.7 Å². The standard InChI is InChI=1S/C14H14F2N2O2S/c15-11-5-6-14(13(17)9-11)21(19,20)18-8-7-10-3-1-2-4-12(10)16/h1-6,9,18H,7-8,17H2. The van der Waals surface area contributed by atoms with Gasteiger partial charge in [0, 0.05) is 6.54 Å². The Labute approximate surface area is 121 Å². The zero-order valence-corrected chi connectivity index (χ0v) is 11.8. The lowest BCUT2D eigenvalue weighted by molar-refractivity contribution is 0.577. The zero-order chi connectivity index (χ0) is 15.5.